The van der Waals surface area contributed by atoms with Gasteiger partial charge < -0.3 is 10.5 Å². The first-order valence-corrected chi connectivity index (χ1v) is 4.69. The van der Waals surface area contributed by atoms with Crippen LogP contribution < -0.4 is 5.73 Å². The van der Waals surface area contributed by atoms with E-state index in [-0.39, 0.29) is 5.97 Å². The van der Waals surface area contributed by atoms with Crippen molar-refractivity contribution in [1.29, 1.82) is 0 Å². The van der Waals surface area contributed by atoms with Gasteiger partial charge in [-0.15, -0.1) is 12.6 Å². The van der Waals surface area contributed by atoms with Crippen LogP contribution in [0.2, 0.25) is 0 Å². The summed E-state index contributed by atoms with van der Waals surface area (Å²) < 4.78 is 4.40. The highest BCUT2D eigenvalue weighted by Gasteiger charge is 1.85. The lowest BCUT2D eigenvalue weighted by atomic mass is 10.3. The predicted octanol–water partition coefficient (Wildman–Crippen LogP) is 2.13. The normalized spacial score (nSPS) is 8.50. The van der Waals surface area contributed by atoms with Gasteiger partial charge in [-0.1, -0.05) is 12.1 Å². The molecule has 0 aliphatic carbocycles. The number of nitrogen functional groups attached to an aromatic ring is 1. The van der Waals surface area contributed by atoms with Gasteiger partial charge in [-0.05, 0) is 19.1 Å². The summed E-state index contributed by atoms with van der Waals surface area (Å²) in [5.41, 5.74) is 6.18. The molecule has 0 radical (unpaired) electrons. The van der Waals surface area contributed by atoms with Crippen LogP contribution in [0.1, 0.15) is 13.8 Å². The third-order valence-electron chi connectivity index (χ3n) is 1.28. The molecule has 0 aliphatic heterocycles. The number of nitrogens with two attached hydrogens (primary N) is 1. The molecule has 0 aromatic heterocycles. The lowest BCUT2D eigenvalue weighted by Crippen LogP contribution is -1.95. The maximum atomic E-state index is 9.82. The van der Waals surface area contributed by atoms with Crippen molar-refractivity contribution >= 4 is 24.3 Å². The molecule has 78 valence electrons. The Morgan fingerprint density at radius 3 is 2.29 bits per heavy atom. The van der Waals surface area contributed by atoms with Crippen molar-refractivity contribution < 1.29 is 9.53 Å². The molecule has 0 fully saturated rings. The number of benzene rings is 1. The van der Waals surface area contributed by atoms with E-state index in [1.807, 2.05) is 24.3 Å². The van der Waals surface area contributed by atoms with Gasteiger partial charge >= 0.3 is 5.97 Å². The van der Waals surface area contributed by atoms with E-state index in [0.717, 1.165) is 10.6 Å². The first-order chi connectivity index (χ1) is 6.57. The quantitative estimate of drug-likeness (QED) is 0.427. The fourth-order valence-corrected chi connectivity index (χ4v) is 0.851. The second kappa shape index (κ2) is 7.26. The maximum absolute atomic E-state index is 9.82. The topological polar surface area (TPSA) is 52.3 Å². The molecule has 0 atom stereocenters. The second-order valence-corrected chi connectivity index (χ2v) is 2.97. The van der Waals surface area contributed by atoms with Crippen molar-refractivity contribution in [2.24, 2.45) is 0 Å². The Morgan fingerprint density at radius 1 is 1.50 bits per heavy atom. The largest absolute Gasteiger partial charge is 0.466 e. The van der Waals surface area contributed by atoms with Crippen LogP contribution in [0.3, 0.4) is 0 Å². The van der Waals surface area contributed by atoms with E-state index >= 15 is 0 Å². The molecule has 1 aromatic carbocycles. The first-order valence-electron chi connectivity index (χ1n) is 4.24. The number of carbonyl (C=O) groups is 1. The lowest BCUT2D eigenvalue weighted by Gasteiger charge is -1.92. The fourth-order valence-electron chi connectivity index (χ4n) is 0.691. The van der Waals surface area contributed by atoms with Gasteiger partial charge in [-0.2, -0.15) is 0 Å². The molecule has 0 saturated heterocycles. The number of ether oxygens (including phenoxy) is 1. The summed E-state index contributed by atoms with van der Waals surface area (Å²) in [4.78, 5) is 10.7. The third-order valence-corrected chi connectivity index (χ3v) is 1.69. The van der Waals surface area contributed by atoms with Crippen LogP contribution >= 0.6 is 12.6 Å². The number of anilines is 1. The van der Waals surface area contributed by atoms with Gasteiger partial charge in [0, 0.05) is 17.5 Å². The number of para-hydroxylation sites is 1. The monoisotopic (exact) mass is 213 g/mol. The predicted molar refractivity (Wildman–Crippen MR) is 60.4 cm³/mol. The zero-order valence-corrected chi connectivity index (χ0v) is 9.25. The van der Waals surface area contributed by atoms with Crippen molar-refractivity contribution in [2.75, 3.05) is 12.3 Å². The average molecular weight is 213 g/mol. The summed E-state index contributed by atoms with van der Waals surface area (Å²) in [7, 11) is 0. The molecule has 0 spiro atoms. The van der Waals surface area contributed by atoms with Crippen LogP contribution in [0, 0.1) is 0 Å². The summed E-state index contributed by atoms with van der Waals surface area (Å²) in [5, 5.41) is 0. The minimum Gasteiger partial charge on any atom is -0.466 e. The van der Waals surface area contributed by atoms with Gasteiger partial charge in [-0.25, -0.2) is 0 Å². The molecule has 1 aromatic rings. The van der Waals surface area contributed by atoms with Gasteiger partial charge in [-0.3, -0.25) is 4.79 Å². The Morgan fingerprint density at radius 2 is 2.07 bits per heavy atom. The van der Waals surface area contributed by atoms with Crippen molar-refractivity contribution in [3.8, 4) is 0 Å². The minimum absolute atomic E-state index is 0.211. The van der Waals surface area contributed by atoms with Crippen LogP contribution in [-0.4, -0.2) is 12.6 Å². The lowest BCUT2D eigenvalue weighted by molar-refractivity contribution is -0.140. The number of hydrogen-bond donors (Lipinski definition) is 2. The van der Waals surface area contributed by atoms with E-state index in [4.69, 9.17) is 5.73 Å². The molecular weight excluding hydrogens is 198 g/mol. The fraction of sp³-hybridized carbons (Fsp3) is 0.300. The Balaban J connectivity index is 0.000000255. The van der Waals surface area contributed by atoms with Gasteiger partial charge in [0.1, 0.15) is 0 Å². The SMILES string of the molecule is CCOC(C)=O.Nc1ccccc1S. The van der Waals surface area contributed by atoms with Gasteiger partial charge in [0.25, 0.3) is 0 Å². The molecule has 2 N–H and O–H groups in total. The van der Waals surface area contributed by atoms with E-state index in [2.05, 4.69) is 17.4 Å². The smallest absolute Gasteiger partial charge is 0.302 e. The van der Waals surface area contributed by atoms with Gasteiger partial charge in [0.2, 0.25) is 0 Å². The van der Waals surface area contributed by atoms with Crippen molar-refractivity contribution in [1.82, 2.24) is 0 Å². The molecule has 0 amide bonds. The Hall–Kier alpha value is -1.16. The Kier molecular flexibility index (Phi) is 6.66. The zero-order valence-electron chi connectivity index (χ0n) is 8.36. The Bertz CT molecular complexity index is 268. The van der Waals surface area contributed by atoms with Crippen molar-refractivity contribution in [2.45, 2.75) is 18.7 Å². The number of carbonyl (C=O) groups excluding carboxylic acids is 1. The van der Waals surface area contributed by atoms with Crippen LogP contribution in [0.5, 0.6) is 0 Å². The number of hydrogen-bond acceptors (Lipinski definition) is 4. The molecule has 14 heavy (non-hydrogen) atoms. The number of thiol groups is 1. The standard InChI is InChI=1S/C6H7NS.C4H8O2/c7-5-3-1-2-4-6(5)8;1-3-6-4(2)5/h1-4,8H,7H2;3H2,1-2H3. The Labute approximate surface area is 89.7 Å². The van der Waals surface area contributed by atoms with E-state index in [0.29, 0.717) is 6.61 Å². The minimum atomic E-state index is -0.211. The molecule has 0 saturated carbocycles. The van der Waals surface area contributed by atoms with Crippen molar-refractivity contribution in [3.63, 3.8) is 0 Å². The van der Waals surface area contributed by atoms with Gasteiger partial charge in [0.15, 0.2) is 0 Å². The molecule has 0 bridgehead atoms. The van der Waals surface area contributed by atoms with Crippen LogP contribution in [0.25, 0.3) is 0 Å². The average Bonchev–Trinajstić information content (AvgIpc) is 2.11. The van der Waals surface area contributed by atoms with Crippen molar-refractivity contribution in [3.05, 3.63) is 24.3 Å². The zero-order chi connectivity index (χ0) is 11.0. The molecule has 1 rings (SSSR count). The van der Waals surface area contributed by atoms with E-state index in [1.165, 1.54) is 6.92 Å². The van der Waals surface area contributed by atoms with Crippen LogP contribution in [0.15, 0.2) is 29.2 Å². The van der Waals surface area contributed by atoms with E-state index in [9.17, 15) is 4.79 Å². The molecule has 0 heterocycles. The van der Waals surface area contributed by atoms with Crippen LogP contribution in [0.4, 0.5) is 5.69 Å². The highest BCUT2D eigenvalue weighted by Crippen LogP contribution is 2.13. The second-order valence-electron chi connectivity index (χ2n) is 2.48. The molecule has 3 nitrogen and oxygen atoms in total. The molecule has 0 aliphatic rings. The summed E-state index contributed by atoms with van der Waals surface area (Å²) in [5.74, 6) is -0.211. The maximum Gasteiger partial charge on any atom is 0.302 e. The first kappa shape index (κ1) is 12.8. The van der Waals surface area contributed by atoms with Crippen LogP contribution in [-0.2, 0) is 9.53 Å². The van der Waals surface area contributed by atoms with E-state index < -0.39 is 0 Å². The highest BCUT2D eigenvalue weighted by molar-refractivity contribution is 7.80. The number of esters is 1. The summed E-state index contributed by atoms with van der Waals surface area (Å²) >= 11 is 4.07. The molecule has 4 heteroatoms. The summed E-state index contributed by atoms with van der Waals surface area (Å²) in [6.45, 7) is 3.65. The highest BCUT2D eigenvalue weighted by atomic mass is 32.1. The summed E-state index contributed by atoms with van der Waals surface area (Å²) in [6, 6.07) is 7.47. The number of rotatable bonds is 1. The summed E-state index contributed by atoms with van der Waals surface area (Å²) in [6.07, 6.45) is 0. The molecular formula is C10H15NO2S. The third kappa shape index (κ3) is 6.37. The van der Waals surface area contributed by atoms with Gasteiger partial charge in [0.05, 0.1) is 6.61 Å². The molecule has 0 unspecified atom stereocenters. The van der Waals surface area contributed by atoms with E-state index in [1.54, 1.807) is 6.92 Å².